The van der Waals surface area contributed by atoms with E-state index in [1.165, 1.54) is 331 Å². The van der Waals surface area contributed by atoms with Crippen LogP contribution in [0.5, 0.6) is 0 Å². The molecule has 2 rings (SSSR count). The predicted octanol–water partition coefficient (Wildman–Crippen LogP) is 25.6. The monoisotopic (exact) mass is 1060 g/mol. The molecule has 0 atom stereocenters. The molecule has 74 heavy (non-hydrogen) atoms. The molecule has 0 radical (unpaired) electrons. The van der Waals surface area contributed by atoms with Crippen LogP contribution in [0.4, 0.5) is 11.4 Å². The van der Waals surface area contributed by atoms with E-state index >= 15 is 0 Å². The first-order valence-electron chi connectivity index (χ1n) is 33.5. The molecule has 0 aliphatic heterocycles. The van der Waals surface area contributed by atoms with Gasteiger partial charge in [-0.25, -0.2) is 0 Å². The molecule has 0 aromatic heterocycles. The van der Waals surface area contributed by atoms with E-state index in [-0.39, 0.29) is 16.5 Å². The van der Waals surface area contributed by atoms with Gasteiger partial charge in [-0.3, -0.25) is 9.98 Å². The van der Waals surface area contributed by atoms with Crippen LogP contribution in [0, 0.1) is 0 Å². The fraction of sp³-hybridized carbons (Fsp3) is 0.803. The maximum absolute atomic E-state index is 5.42. The van der Waals surface area contributed by atoms with Crippen LogP contribution in [0.2, 0.25) is 0 Å². The maximum Gasteiger partial charge on any atom is 0.0636 e. The number of hydrogen-bond acceptors (Lipinski definition) is 2. The van der Waals surface area contributed by atoms with E-state index in [0.717, 1.165) is 43.5 Å². The van der Waals surface area contributed by atoms with Crippen molar-refractivity contribution in [3.63, 3.8) is 0 Å². The SMILES string of the molecule is CCCCCCCCCCCCCCCCCCCCCCCCc1cccc(N=C(CCCC)C(CCCCC)=Nc2cccc(CCCCCCCCCCCCCCCCCCCCCCCC)c2)c1.[Ni]. The third-order valence-corrected chi connectivity index (χ3v) is 16.1. The number of aliphatic imine (C=N–C) groups is 2. The maximum atomic E-state index is 5.42. The number of aryl methyl sites for hydroxylation is 2. The molecule has 2 aromatic rings. The summed E-state index contributed by atoms with van der Waals surface area (Å²) in [4.78, 5) is 10.8. The Morgan fingerprint density at radius 3 is 0.730 bits per heavy atom. The first kappa shape index (κ1) is 70.3. The minimum absolute atomic E-state index is 0. The molecule has 0 fully saturated rings. The van der Waals surface area contributed by atoms with Gasteiger partial charge in [-0.15, -0.1) is 0 Å². The summed E-state index contributed by atoms with van der Waals surface area (Å²) in [5, 5.41) is 0. The third-order valence-electron chi connectivity index (χ3n) is 16.1. The van der Waals surface area contributed by atoms with Crippen molar-refractivity contribution in [2.24, 2.45) is 9.98 Å². The van der Waals surface area contributed by atoms with Gasteiger partial charge in [0.25, 0.3) is 0 Å². The summed E-state index contributed by atoms with van der Waals surface area (Å²) in [6.45, 7) is 9.24. The molecule has 0 spiro atoms. The molecule has 3 heteroatoms. The zero-order valence-corrected chi connectivity index (χ0v) is 51.3. The van der Waals surface area contributed by atoms with Gasteiger partial charge < -0.3 is 0 Å². The Morgan fingerprint density at radius 1 is 0.257 bits per heavy atom. The number of hydrogen-bond donors (Lipinski definition) is 0. The molecule has 0 bridgehead atoms. The van der Waals surface area contributed by atoms with Gasteiger partial charge in [0, 0.05) is 16.5 Å². The molecule has 0 heterocycles. The van der Waals surface area contributed by atoms with E-state index in [2.05, 4.69) is 76.2 Å². The van der Waals surface area contributed by atoms with Gasteiger partial charge in [0.2, 0.25) is 0 Å². The standard InChI is InChI=1S/C71H126N2.Ni/c1-5-9-13-15-17-19-21-23-25-27-29-31-33-35-37-39-41-43-45-47-49-52-56-66-58-54-60-68(64-66)72-70(62-12-8-4)71(63-51-11-7-3)73-69-61-55-59-67(65-69)57-53-50-48-46-44-42-40-38-36-34-32-30-28-26-24-22-20-18-16-14-10-6-2;/h54-55,58-61,64-65H,5-53,56-57,62-63H2,1-4H3;. The summed E-state index contributed by atoms with van der Waals surface area (Å²) in [5.41, 5.74) is 7.54. The molecule has 0 saturated carbocycles. The summed E-state index contributed by atoms with van der Waals surface area (Å²) in [7, 11) is 0. The number of unbranched alkanes of at least 4 members (excludes halogenated alkanes) is 45. The minimum Gasteiger partial charge on any atom is -0.252 e. The van der Waals surface area contributed by atoms with E-state index in [1.54, 1.807) is 0 Å². The summed E-state index contributed by atoms with van der Waals surface area (Å²) in [6, 6.07) is 18.3. The average Bonchev–Trinajstić information content (AvgIpc) is 3.40. The van der Waals surface area contributed by atoms with Gasteiger partial charge in [-0.1, -0.05) is 341 Å². The summed E-state index contributed by atoms with van der Waals surface area (Å²) >= 11 is 0. The van der Waals surface area contributed by atoms with Crippen LogP contribution in [0.1, 0.15) is 366 Å². The quantitative estimate of drug-likeness (QED) is 0.0358. The normalized spacial score (nSPS) is 12.0. The second kappa shape index (κ2) is 56.0. The van der Waals surface area contributed by atoms with Crippen LogP contribution >= 0.6 is 0 Å². The van der Waals surface area contributed by atoms with Crippen molar-refractivity contribution < 1.29 is 16.5 Å². The van der Waals surface area contributed by atoms with Crippen LogP contribution in [-0.2, 0) is 29.3 Å². The predicted molar refractivity (Wildman–Crippen MR) is 333 cm³/mol. The molecule has 0 amide bonds. The molecular formula is C71H126N2Ni. The minimum atomic E-state index is 0. The third kappa shape index (κ3) is 44.3. The van der Waals surface area contributed by atoms with Crippen LogP contribution in [0.25, 0.3) is 0 Å². The van der Waals surface area contributed by atoms with Gasteiger partial charge in [0.1, 0.15) is 0 Å². The fourth-order valence-corrected chi connectivity index (χ4v) is 11.2. The van der Waals surface area contributed by atoms with Crippen molar-refractivity contribution in [3.05, 3.63) is 59.7 Å². The first-order chi connectivity index (χ1) is 36.2. The average molecular weight is 1070 g/mol. The Labute approximate surface area is 474 Å². The van der Waals surface area contributed by atoms with E-state index in [1.807, 2.05) is 0 Å². The van der Waals surface area contributed by atoms with Crippen LogP contribution in [-0.4, -0.2) is 11.4 Å². The molecule has 0 unspecified atom stereocenters. The van der Waals surface area contributed by atoms with Gasteiger partial charge in [0.15, 0.2) is 0 Å². The second-order valence-corrected chi connectivity index (χ2v) is 23.4. The van der Waals surface area contributed by atoms with Crippen molar-refractivity contribution in [1.29, 1.82) is 0 Å². The first-order valence-corrected chi connectivity index (χ1v) is 33.5. The molecule has 0 aliphatic carbocycles. The molecule has 0 aliphatic rings. The molecule has 0 N–H and O–H groups in total. The number of benzene rings is 2. The zero-order valence-electron chi connectivity index (χ0n) is 50.3. The summed E-state index contributed by atoms with van der Waals surface area (Å²) in [5.74, 6) is 0. The van der Waals surface area contributed by atoms with Crippen molar-refractivity contribution in [1.82, 2.24) is 0 Å². The summed E-state index contributed by atoms with van der Waals surface area (Å²) < 4.78 is 0. The molecular weight excluding hydrogens is 939 g/mol. The van der Waals surface area contributed by atoms with E-state index in [0.29, 0.717) is 0 Å². The molecule has 2 aromatic carbocycles. The number of nitrogens with zero attached hydrogens (tertiary/aromatic N) is 2. The topological polar surface area (TPSA) is 24.7 Å². The largest absolute Gasteiger partial charge is 0.252 e. The van der Waals surface area contributed by atoms with Gasteiger partial charge >= 0.3 is 0 Å². The molecule has 2 nitrogen and oxygen atoms in total. The van der Waals surface area contributed by atoms with Crippen molar-refractivity contribution in [3.8, 4) is 0 Å². The van der Waals surface area contributed by atoms with E-state index in [9.17, 15) is 0 Å². The van der Waals surface area contributed by atoms with Crippen molar-refractivity contribution in [2.75, 3.05) is 0 Å². The van der Waals surface area contributed by atoms with E-state index < -0.39 is 0 Å². The smallest absolute Gasteiger partial charge is 0.0636 e. The Kier molecular flexibility index (Phi) is 53.2. The van der Waals surface area contributed by atoms with Crippen molar-refractivity contribution in [2.45, 2.75) is 368 Å². The van der Waals surface area contributed by atoms with Crippen LogP contribution in [0.15, 0.2) is 58.5 Å². The summed E-state index contributed by atoms with van der Waals surface area (Å²) in [6.07, 6.45) is 73.6. The second-order valence-electron chi connectivity index (χ2n) is 23.4. The van der Waals surface area contributed by atoms with Crippen LogP contribution < -0.4 is 0 Å². The molecule has 0 saturated heterocycles. The van der Waals surface area contributed by atoms with Crippen LogP contribution in [0.3, 0.4) is 0 Å². The van der Waals surface area contributed by atoms with Crippen molar-refractivity contribution >= 4 is 22.8 Å². The Morgan fingerprint density at radius 2 is 0.473 bits per heavy atom. The van der Waals surface area contributed by atoms with Gasteiger partial charge in [-0.05, 0) is 86.8 Å². The molecule has 430 valence electrons. The fourth-order valence-electron chi connectivity index (χ4n) is 11.2. The Bertz CT molecular complexity index is 1510. The Hall–Kier alpha value is -1.73. The number of rotatable bonds is 56. The Balaban J connectivity index is 0.0000274. The zero-order chi connectivity index (χ0) is 52.0. The van der Waals surface area contributed by atoms with Gasteiger partial charge in [-0.2, -0.15) is 0 Å². The van der Waals surface area contributed by atoms with E-state index in [4.69, 9.17) is 9.98 Å². The van der Waals surface area contributed by atoms with Gasteiger partial charge in [0.05, 0.1) is 22.8 Å².